The Balaban J connectivity index is 4.23. The molecule has 0 saturated carbocycles. The molecule has 1 unspecified atom stereocenters. The van der Waals surface area contributed by atoms with Crippen molar-refractivity contribution in [1.82, 2.24) is 0 Å². The van der Waals surface area contributed by atoms with Crippen molar-refractivity contribution in [1.29, 1.82) is 0 Å². The van der Waals surface area contributed by atoms with Gasteiger partial charge in [-0.2, -0.15) is 0 Å². The van der Waals surface area contributed by atoms with E-state index in [1.807, 2.05) is 0 Å². The van der Waals surface area contributed by atoms with Crippen LogP contribution in [0, 0.1) is 0 Å². The highest BCUT2D eigenvalue weighted by Crippen LogP contribution is 2.15. The van der Waals surface area contributed by atoms with E-state index in [9.17, 15) is 9.59 Å². The molecule has 0 saturated heterocycles. The number of unbranched alkanes of at least 4 members (excludes halogenated alkanes) is 12. The molecule has 0 aliphatic rings. The Hall–Kier alpha value is -2.10. The van der Waals surface area contributed by atoms with Crippen LogP contribution < -0.4 is 0 Å². The summed E-state index contributed by atoms with van der Waals surface area (Å²) < 4.78 is 5.84. The normalized spacial score (nSPS) is 12.9. The van der Waals surface area contributed by atoms with Crippen LogP contribution in [0.4, 0.5) is 0 Å². The molecule has 0 heterocycles. The highest BCUT2D eigenvalue weighted by molar-refractivity contribution is 5.69. The van der Waals surface area contributed by atoms with Crippen molar-refractivity contribution in [3.8, 4) is 0 Å². The molecule has 1 atom stereocenters. The van der Waals surface area contributed by atoms with E-state index in [0.717, 1.165) is 77.0 Å². The summed E-state index contributed by atoms with van der Waals surface area (Å²) in [4.78, 5) is 23.1. The van der Waals surface area contributed by atoms with Crippen molar-refractivity contribution in [2.45, 2.75) is 155 Å². The molecular weight excluding hydrogens is 472 g/mol. The molecule has 0 aromatic heterocycles. The van der Waals surface area contributed by atoms with E-state index in [1.165, 1.54) is 44.9 Å². The maximum atomic E-state index is 12.5. The van der Waals surface area contributed by atoms with Crippen LogP contribution in [-0.2, 0) is 14.3 Å². The van der Waals surface area contributed by atoms with E-state index in [0.29, 0.717) is 6.42 Å². The number of hydrogen-bond acceptors (Lipinski definition) is 3. The van der Waals surface area contributed by atoms with E-state index < -0.39 is 5.97 Å². The van der Waals surface area contributed by atoms with Gasteiger partial charge in [0, 0.05) is 12.8 Å². The first-order valence-corrected chi connectivity index (χ1v) is 15.6. The van der Waals surface area contributed by atoms with Crippen LogP contribution >= 0.6 is 0 Å². The van der Waals surface area contributed by atoms with Gasteiger partial charge in [0.1, 0.15) is 6.10 Å². The highest BCUT2D eigenvalue weighted by Gasteiger charge is 2.11. The maximum Gasteiger partial charge on any atom is 0.306 e. The highest BCUT2D eigenvalue weighted by atomic mass is 16.5. The second-order valence-corrected chi connectivity index (χ2v) is 10.3. The van der Waals surface area contributed by atoms with Crippen molar-refractivity contribution < 1.29 is 19.4 Å². The number of aliphatic carboxylic acids is 1. The Bertz CT molecular complexity index is 659. The molecule has 0 radical (unpaired) electrons. The lowest BCUT2D eigenvalue weighted by molar-refractivity contribution is -0.147. The summed E-state index contributed by atoms with van der Waals surface area (Å²) in [6.45, 7) is 4.37. The molecule has 0 aliphatic carbocycles. The number of carbonyl (C=O) groups excluding carboxylic acids is 1. The Morgan fingerprint density at radius 3 is 1.84 bits per heavy atom. The second kappa shape index (κ2) is 29.5. The number of carboxylic acids is 1. The quantitative estimate of drug-likeness (QED) is 0.0651. The first-order chi connectivity index (χ1) is 18.6. The first kappa shape index (κ1) is 35.9. The summed E-state index contributed by atoms with van der Waals surface area (Å²) in [5.41, 5.74) is 0. The summed E-state index contributed by atoms with van der Waals surface area (Å²) in [5.74, 6) is -0.785. The molecule has 38 heavy (non-hydrogen) atoms. The third-order valence-corrected chi connectivity index (χ3v) is 6.52. The van der Waals surface area contributed by atoms with E-state index >= 15 is 0 Å². The predicted molar refractivity (Wildman–Crippen MR) is 162 cm³/mol. The minimum atomic E-state index is -0.709. The zero-order valence-electron chi connectivity index (χ0n) is 24.7. The van der Waals surface area contributed by atoms with Gasteiger partial charge >= 0.3 is 11.9 Å². The van der Waals surface area contributed by atoms with E-state index in [1.54, 1.807) is 0 Å². The van der Waals surface area contributed by atoms with Gasteiger partial charge in [0.05, 0.1) is 0 Å². The van der Waals surface area contributed by atoms with Gasteiger partial charge in [0.2, 0.25) is 0 Å². The Labute approximate surface area is 234 Å². The fourth-order valence-electron chi connectivity index (χ4n) is 4.21. The van der Waals surface area contributed by atoms with Gasteiger partial charge in [-0.25, -0.2) is 0 Å². The fraction of sp³-hybridized carbons (Fsp3) is 0.706. The summed E-state index contributed by atoms with van der Waals surface area (Å²) in [6.07, 6.45) is 38.4. The molecule has 0 spiro atoms. The first-order valence-electron chi connectivity index (χ1n) is 15.6. The second-order valence-electron chi connectivity index (χ2n) is 10.3. The van der Waals surface area contributed by atoms with Crippen LogP contribution in [0.25, 0.3) is 0 Å². The average Bonchev–Trinajstić information content (AvgIpc) is 2.89. The Morgan fingerprint density at radius 1 is 0.632 bits per heavy atom. The topological polar surface area (TPSA) is 63.6 Å². The van der Waals surface area contributed by atoms with E-state index in [-0.39, 0.29) is 18.5 Å². The number of esters is 1. The van der Waals surface area contributed by atoms with Gasteiger partial charge in [-0.3, -0.25) is 9.59 Å². The number of rotatable bonds is 27. The summed E-state index contributed by atoms with van der Waals surface area (Å²) >= 11 is 0. The SMILES string of the molecule is CC/C=C\C/C=C\C/C=C\C(CCCCCCCCC(=O)O)OC(=O)CCCCCCC/C=C\CCCC. The van der Waals surface area contributed by atoms with Gasteiger partial charge in [-0.1, -0.05) is 114 Å². The largest absolute Gasteiger partial charge is 0.481 e. The van der Waals surface area contributed by atoms with Crippen LogP contribution in [0.2, 0.25) is 0 Å². The Morgan fingerprint density at radius 2 is 1.18 bits per heavy atom. The van der Waals surface area contributed by atoms with Gasteiger partial charge in [0.15, 0.2) is 0 Å². The van der Waals surface area contributed by atoms with Crippen LogP contribution in [0.3, 0.4) is 0 Å². The fourth-order valence-corrected chi connectivity index (χ4v) is 4.21. The predicted octanol–water partition coefficient (Wildman–Crippen LogP) is 10.4. The minimum Gasteiger partial charge on any atom is -0.481 e. The van der Waals surface area contributed by atoms with E-state index in [4.69, 9.17) is 9.84 Å². The van der Waals surface area contributed by atoms with Crippen molar-refractivity contribution in [2.75, 3.05) is 0 Å². The molecule has 0 bridgehead atoms. The number of hydrogen-bond donors (Lipinski definition) is 1. The van der Waals surface area contributed by atoms with Gasteiger partial charge in [0.25, 0.3) is 0 Å². The Kier molecular flexibility index (Phi) is 27.8. The van der Waals surface area contributed by atoms with Gasteiger partial charge in [-0.05, 0) is 70.3 Å². The third-order valence-electron chi connectivity index (χ3n) is 6.52. The van der Waals surface area contributed by atoms with Crippen molar-refractivity contribution in [3.63, 3.8) is 0 Å². The van der Waals surface area contributed by atoms with Crippen LogP contribution in [0.1, 0.15) is 149 Å². The monoisotopic (exact) mass is 530 g/mol. The average molecular weight is 531 g/mol. The molecule has 0 fully saturated rings. The number of ether oxygens (including phenoxy) is 1. The van der Waals surface area contributed by atoms with Gasteiger partial charge < -0.3 is 9.84 Å². The lowest BCUT2D eigenvalue weighted by Crippen LogP contribution is -2.16. The molecule has 0 aromatic carbocycles. The standard InChI is InChI=1S/C34H58O4/c1-3-5-7-9-11-13-14-15-17-23-27-31-34(37)38-32(28-24-20-16-12-10-8-6-4-2)29-25-21-18-19-22-26-30-33(35)36/h6,8-9,11-12,16,24,28,32H,3-5,7,10,13-15,17-23,25-27,29-31H2,1-2H3,(H,35,36)/b8-6-,11-9-,16-12-,28-24-. The molecule has 0 rings (SSSR count). The maximum absolute atomic E-state index is 12.5. The van der Waals surface area contributed by atoms with Crippen LogP contribution in [-0.4, -0.2) is 23.1 Å². The van der Waals surface area contributed by atoms with Crippen molar-refractivity contribution in [3.05, 3.63) is 48.6 Å². The molecule has 0 aromatic rings. The van der Waals surface area contributed by atoms with Crippen LogP contribution in [0.15, 0.2) is 48.6 Å². The molecule has 1 N–H and O–H groups in total. The minimum absolute atomic E-state index is 0.0765. The lowest BCUT2D eigenvalue weighted by Gasteiger charge is -2.14. The number of carbonyl (C=O) groups is 2. The molecule has 4 heteroatoms. The lowest BCUT2D eigenvalue weighted by atomic mass is 10.1. The summed E-state index contributed by atoms with van der Waals surface area (Å²) in [5, 5.41) is 8.73. The van der Waals surface area contributed by atoms with Crippen molar-refractivity contribution in [2.24, 2.45) is 0 Å². The van der Waals surface area contributed by atoms with Crippen molar-refractivity contribution >= 4 is 11.9 Å². The van der Waals surface area contributed by atoms with Gasteiger partial charge in [-0.15, -0.1) is 0 Å². The molecule has 0 aliphatic heterocycles. The molecule has 4 nitrogen and oxygen atoms in total. The molecule has 218 valence electrons. The van der Waals surface area contributed by atoms with E-state index in [2.05, 4.69) is 62.5 Å². The third kappa shape index (κ3) is 28.5. The molecule has 0 amide bonds. The number of carboxylic acid groups (broad SMARTS) is 1. The smallest absolute Gasteiger partial charge is 0.306 e. The molecular formula is C34H58O4. The number of allylic oxidation sites excluding steroid dienone is 7. The zero-order valence-corrected chi connectivity index (χ0v) is 24.7. The summed E-state index contributed by atoms with van der Waals surface area (Å²) in [7, 11) is 0. The van der Waals surface area contributed by atoms with Crippen LogP contribution in [0.5, 0.6) is 0 Å². The summed E-state index contributed by atoms with van der Waals surface area (Å²) in [6, 6.07) is 0. The zero-order chi connectivity index (χ0) is 27.9.